The van der Waals surface area contributed by atoms with Gasteiger partial charge in [-0.1, -0.05) is 53.4 Å². The maximum Gasteiger partial charge on any atom is 2.00 e. The molecule has 0 bridgehead atoms. The molecular formula is C22H44O7Sn. The quantitative estimate of drug-likeness (QED) is 0.318. The van der Waals surface area contributed by atoms with Crippen molar-refractivity contribution < 1.29 is 34.8 Å². The first kappa shape index (κ1) is 37.0. The molecule has 0 saturated heterocycles. The van der Waals surface area contributed by atoms with Crippen molar-refractivity contribution in [2.75, 3.05) is 13.2 Å². The minimum Gasteiger partial charge on any atom is -0.550 e. The summed E-state index contributed by atoms with van der Waals surface area (Å²) in [4.78, 5) is 20.7. The zero-order chi connectivity index (χ0) is 23.2. The van der Waals surface area contributed by atoms with Crippen molar-refractivity contribution in [1.29, 1.82) is 0 Å². The van der Waals surface area contributed by atoms with Gasteiger partial charge in [0, 0.05) is 11.9 Å². The van der Waals surface area contributed by atoms with Gasteiger partial charge in [0.2, 0.25) is 0 Å². The number of carboxylic acid groups (broad SMARTS) is 2. The summed E-state index contributed by atoms with van der Waals surface area (Å²) < 4.78 is 4.95. The van der Waals surface area contributed by atoms with Gasteiger partial charge in [-0.05, 0) is 51.4 Å². The molecule has 2 N–H and O–H groups in total. The Kier molecular flexibility index (Phi) is 32.8. The van der Waals surface area contributed by atoms with Gasteiger partial charge >= 0.3 is 23.9 Å². The molecule has 0 aliphatic rings. The van der Waals surface area contributed by atoms with E-state index in [1.54, 1.807) is 13.8 Å². The Labute approximate surface area is 200 Å². The number of hydrogen-bond donors (Lipinski definition) is 2. The molecule has 8 heteroatoms. The van der Waals surface area contributed by atoms with Crippen LogP contribution >= 0.6 is 0 Å². The van der Waals surface area contributed by atoms with Crippen LogP contribution in [-0.2, 0) is 14.3 Å². The molecule has 0 heterocycles. The average molecular weight is 539 g/mol. The van der Waals surface area contributed by atoms with Crippen LogP contribution in [0.25, 0.3) is 0 Å². The molecule has 0 spiro atoms. The molecule has 0 aromatic carbocycles. The van der Waals surface area contributed by atoms with E-state index in [0.29, 0.717) is 19.4 Å². The fourth-order valence-corrected chi connectivity index (χ4v) is 2.23. The zero-order valence-electron chi connectivity index (χ0n) is 19.8. The Bertz CT molecular complexity index is 352. The average Bonchev–Trinajstić information content (AvgIpc) is 2.67. The van der Waals surface area contributed by atoms with Gasteiger partial charge in [-0.15, -0.1) is 0 Å². The van der Waals surface area contributed by atoms with Crippen LogP contribution in [-0.4, -0.2) is 71.5 Å². The van der Waals surface area contributed by atoms with Gasteiger partial charge in [0.15, 0.2) is 0 Å². The summed E-state index contributed by atoms with van der Waals surface area (Å²) >= 11 is 0. The SMILES string of the molecule is CC(O)COC(C)CO.CCCCC(CC)C(=O)[O-].CCCCC(CC)C(=O)[O-].[Sn+2]. The number of unbranched alkanes of at least 4 members (excludes halogenated alkanes) is 2. The normalized spacial score (nSPS) is 13.9. The van der Waals surface area contributed by atoms with Gasteiger partial charge in [0.25, 0.3) is 0 Å². The second-order valence-corrected chi connectivity index (χ2v) is 7.31. The molecular weight excluding hydrogens is 495 g/mol. The van der Waals surface area contributed by atoms with Gasteiger partial charge in [0.05, 0.1) is 25.4 Å². The fourth-order valence-electron chi connectivity index (χ4n) is 2.23. The molecule has 0 amide bonds. The first-order valence-electron chi connectivity index (χ1n) is 10.9. The topological polar surface area (TPSA) is 130 Å². The number of aliphatic hydroxyl groups excluding tert-OH is 2. The molecule has 4 atom stereocenters. The summed E-state index contributed by atoms with van der Waals surface area (Å²) in [6, 6.07) is 0. The summed E-state index contributed by atoms with van der Waals surface area (Å²) in [5, 5.41) is 37.8. The minimum atomic E-state index is -0.893. The predicted molar refractivity (Wildman–Crippen MR) is 117 cm³/mol. The number of carboxylic acids is 2. The third-order valence-electron chi connectivity index (χ3n) is 4.34. The predicted octanol–water partition coefficient (Wildman–Crippen LogP) is 1.29. The number of hydrogen-bond acceptors (Lipinski definition) is 7. The molecule has 7 nitrogen and oxygen atoms in total. The number of carbonyl (C=O) groups is 2. The number of carbonyl (C=O) groups excluding carboxylic acids is 2. The van der Waals surface area contributed by atoms with E-state index in [-0.39, 0.29) is 48.5 Å². The molecule has 0 saturated carbocycles. The van der Waals surface area contributed by atoms with E-state index in [4.69, 9.17) is 14.9 Å². The number of aliphatic carboxylic acids is 2. The van der Waals surface area contributed by atoms with E-state index in [2.05, 4.69) is 13.8 Å². The summed E-state index contributed by atoms with van der Waals surface area (Å²) in [5.74, 6) is -2.23. The van der Waals surface area contributed by atoms with Gasteiger partial charge < -0.3 is 34.8 Å². The van der Waals surface area contributed by atoms with Crippen LogP contribution < -0.4 is 10.2 Å². The summed E-state index contributed by atoms with van der Waals surface area (Å²) in [6.07, 6.45) is 6.43. The molecule has 0 fully saturated rings. The van der Waals surface area contributed by atoms with Gasteiger partial charge in [-0.2, -0.15) is 0 Å². The third kappa shape index (κ3) is 27.6. The molecule has 0 aliphatic carbocycles. The van der Waals surface area contributed by atoms with Crippen LogP contribution in [0.15, 0.2) is 0 Å². The van der Waals surface area contributed by atoms with Crippen molar-refractivity contribution in [3.8, 4) is 0 Å². The number of aliphatic hydroxyl groups is 2. The number of rotatable bonds is 14. The largest absolute Gasteiger partial charge is 2.00 e. The third-order valence-corrected chi connectivity index (χ3v) is 4.34. The van der Waals surface area contributed by atoms with Gasteiger partial charge in [-0.3, -0.25) is 0 Å². The molecule has 30 heavy (non-hydrogen) atoms. The first-order valence-corrected chi connectivity index (χ1v) is 10.9. The van der Waals surface area contributed by atoms with E-state index in [0.717, 1.165) is 38.5 Å². The van der Waals surface area contributed by atoms with Crippen molar-refractivity contribution in [3.05, 3.63) is 0 Å². The van der Waals surface area contributed by atoms with E-state index >= 15 is 0 Å². The molecule has 4 unspecified atom stereocenters. The fraction of sp³-hybridized carbons (Fsp3) is 0.909. The van der Waals surface area contributed by atoms with E-state index in [1.165, 1.54) is 0 Å². The van der Waals surface area contributed by atoms with Crippen LogP contribution in [0.3, 0.4) is 0 Å². The Morgan fingerprint density at radius 2 is 1.23 bits per heavy atom. The molecule has 0 rings (SSSR count). The summed E-state index contributed by atoms with van der Waals surface area (Å²) in [6.45, 7) is 11.6. The molecule has 0 aromatic heterocycles. The zero-order valence-corrected chi connectivity index (χ0v) is 22.7. The maximum absolute atomic E-state index is 10.3. The van der Waals surface area contributed by atoms with Crippen LogP contribution in [0.1, 0.15) is 92.9 Å². The monoisotopic (exact) mass is 540 g/mol. The molecule has 0 aromatic rings. The van der Waals surface area contributed by atoms with Crippen molar-refractivity contribution in [2.45, 2.75) is 105 Å². The molecule has 2 radical (unpaired) electrons. The summed E-state index contributed by atoms with van der Waals surface area (Å²) in [5.41, 5.74) is 0. The second kappa shape index (κ2) is 26.7. The second-order valence-electron chi connectivity index (χ2n) is 7.31. The van der Waals surface area contributed by atoms with E-state index < -0.39 is 18.0 Å². The van der Waals surface area contributed by atoms with Crippen molar-refractivity contribution >= 4 is 35.8 Å². The van der Waals surface area contributed by atoms with Crippen LogP contribution in [0, 0.1) is 11.8 Å². The number of ether oxygens (including phenoxy) is 1. The molecule has 178 valence electrons. The summed E-state index contributed by atoms with van der Waals surface area (Å²) in [7, 11) is 0. The van der Waals surface area contributed by atoms with Crippen molar-refractivity contribution in [1.82, 2.24) is 0 Å². The maximum atomic E-state index is 10.3. The Balaban J connectivity index is -0.000000167. The Hall–Kier alpha value is -0.381. The Morgan fingerprint density at radius 1 is 0.867 bits per heavy atom. The Morgan fingerprint density at radius 3 is 1.43 bits per heavy atom. The smallest absolute Gasteiger partial charge is 0.550 e. The van der Waals surface area contributed by atoms with Crippen molar-refractivity contribution in [2.24, 2.45) is 11.8 Å². The van der Waals surface area contributed by atoms with Crippen LogP contribution in [0.5, 0.6) is 0 Å². The van der Waals surface area contributed by atoms with Gasteiger partial charge in [0.1, 0.15) is 0 Å². The first-order chi connectivity index (χ1) is 13.6. The van der Waals surface area contributed by atoms with Gasteiger partial charge in [-0.25, -0.2) is 0 Å². The minimum absolute atomic E-state index is 0. The van der Waals surface area contributed by atoms with E-state index in [1.807, 2.05) is 13.8 Å². The standard InChI is InChI=1S/2C8H16O2.C6H14O3.Sn/c2*1-3-5-6-7(4-2)8(9)10;1-5(8)4-9-6(2)3-7;/h2*7H,3-6H2,1-2H3,(H,9,10);5-8H,3-4H2,1-2H3;/q;;;+2/p-2. The van der Waals surface area contributed by atoms with Crippen LogP contribution in [0.2, 0.25) is 0 Å². The van der Waals surface area contributed by atoms with E-state index in [9.17, 15) is 19.8 Å². The van der Waals surface area contributed by atoms with Crippen molar-refractivity contribution in [3.63, 3.8) is 0 Å². The van der Waals surface area contributed by atoms with Crippen LogP contribution in [0.4, 0.5) is 0 Å². The molecule has 0 aliphatic heterocycles.